The molecule has 0 unspecified atom stereocenters. The summed E-state index contributed by atoms with van der Waals surface area (Å²) in [6, 6.07) is 6.40. The Morgan fingerprint density at radius 3 is 2.91 bits per heavy atom. The largest absolute Gasteiger partial charge is 0.444 e. The van der Waals surface area contributed by atoms with E-state index in [1.165, 1.54) is 6.07 Å². The first-order chi connectivity index (χ1) is 10.5. The van der Waals surface area contributed by atoms with Gasteiger partial charge in [-0.15, -0.1) is 0 Å². The van der Waals surface area contributed by atoms with E-state index in [1.54, 1.807) is 12.1 Å². The van der Waals surface area contributed by atoms with Gasteiger partial charge in [-0.25, -0.2) is 4.39 Å². The van der Waals surface area contributed by atoms with Crippen LogP contribution in [0.15, 0.2) is 45.5 Å². The van der Waals surface area contributed by atoms with E-state index in [-0.39, 0.29) is 22.8 Å². The van der Waals surface area contributed by atoms with Gasteiger partial charge in [0.15, 0.2) is 5.78 Å². The highest BCUT2D eigenvalue weighted by atomic mass is 79.9. The van der Waals surface area contributed by atoms with Crippen molar-refractivity contribution in [3.8, 4) is 6.07 Å². The van der Waals surface area contributed by atoms with Gasteiger partial charge in [-0.3, -0.25) is 4.79 Å². The molecule has 22 heavy (non-hydrogen) atoms. The maximum atomic E-state index is 14.3. The molecule has 112 valence electrons. The molecule has 0 radical (unpaired) electrons. The fraction of sp³-hybridized carbons (Fsp3) is 0.250. The Morgan fingerprint density at radius 1 is 1.41 bits per heavy atom. The van der Waals surface area contributed by atoms with Crippen molar-refractivity contribution in [2.45, 2.75) is 25.2 Å². The number of halogens is 2. The van der Waals surface area contributed by atoms with E-state index < -0.39 is 11.7 Å². The highest BCUT2D eigenvalue weighted by Gasteiger charge is 2.39. The number of ether oxygens (including phenoxy) is 1. The highest BCUT2D eigenvalue weighted by molar-refractivity contribution is 9.10. The summed E-state index contributed by atoms with van der Waals surface area (Å²) in [7, 11) is 0. The number of allylic oxidation sites excluding steroid dienone is 3. The van der Waals surface area contributed by atoms with Gasteiger partial charge in [0.2, 0.25) is 5.88 Å². The third-order valence-electron chi connectivity index (χ3n) is 3.87. The van der Waals surface area contributed by atoms with E-state index in [2.05, 4.69) is 15.9 Å². The van der Waals surface area contributed by atoms with Gasteiger partial charge in [-0.1, -0.05) is 15.9 Å². The smallest absolute Gasteiger partial charge is 0.205 e. The summed E-state index contributed by atoms with van der Waals surface area (Å²) >= 11 is 3.29. The van der Waals surface area contributed by atoms with Gasteiger partial charge in [-0.2, -0.15) is 5.26 Å². The van der Waals surface area contributed by atoms with E-state index in [4.69, 9.17) is 10.5 Å². The molecular weight excluding hydrogens is 351 g/mol. The number of nitriles is 1. The van der Waals surface area contributed by atoms with Crippen LogP contribution in [-0.2, 0) is 9.53 Å². The van der Waals surface area contributed by atoms with E-state index in [0.717, 1.165) is 0 Å². The maximum Gasteiger partial charge on any atom is 0.205 e. The minimum atomic E-state index is -0.806. The molecule has 0 fully saturated rings. The molecular formula is C16H12BrFN2O2. The average molecular weight is 363 g/mol. The second-order valence-electron chi connectivity index (χ2n) is 5.20. The predicted molar refractivity (Wildman–Crippen MR) is 80.6 cm³/mol. The molecule has 0 bridgehead atoms. The second kappa shape index (κ2) is 5.58. The van der Waals surface area contributed by atoms with Crippen LogP contribution in [0.4, 0.5) is 4.39 Å². The lowest BCUT2D eigenvalue weighted by molar-refractivity contribution is -0.116. The topological polar surface area (TPSA) is 76.1 Å². The number of carbonyl (C=O) groups excluding carboxylic acids is 1. The Labute approximate surface area is 135 Å². The van der Waals surface area contributed by atoms with Gasteiger partial charge in [0.05, 0.1) is 5.92 Å². The van der Waals surface area contributed by atoms with Crippen molar-refractivity contribution >= 4 is 21.7 Å². The number of Topliss-reactive ketones (excluding diaryl/α,β-unsaturated/α-hetero) is 1. The summed E-state index contributed by atoms with van der Waals surface area (Å²) in [4.78, 5) is 12.3. The van der Waals surface area contributed by atoms with Crippen LogP contribution in [0.5, 0.6) is 0 Å². The molecule has 1 aliphatic heterocycles. The van der Waals surface area contributed by atoms with Gasteiger partial charge in [-0.05, 0) is 24.6 Å². The quantitative estimate of drug-likeness (QED) is 0.830. The zero-order valence-corrected chi connectivity index (χ0v) is 13.1. The number of hydrogen-bond acceptors (Lipinski definition) is 4. The fourth-order valence-corrected chi connectivity index (χ4v) is 3.28. The molecule has 1 atom stereocenters. The molecule has 1 aromatic rings. The van der Waals surface area contributed by atoms with E-state index in [1.807, 2.05) is 6.07 Å². The van der Waals surface area contributed by atoms with Crippen molar-refractivity contribution in [3.05, 3.63) is 56.8 Å². The summed E-state index contributed by atoms with van der Waals surface area (Å²) in [6.07, 6.45) is 1.60. The van der Waals surface area contributed by atoms with Crippen molar-refractivity contribution in [2.75, 3.05) is 0 Å². The Kier molecular flexibility index (Phi) is 3.75. The molecule has 2 aliphatic rings. The van der Waals surface area contributed by atoms with Crippen molar-refractivity contribution < 1.29 is 13.9 Å². The first kappa shape index (κ1) is 14.8. The Bertz CT molecular complexity index is 777. The number of hydrogen-bond donors (Lipinski definition) is 1. The van der Waals surface area contributed by atoms with Crippen molar-refractivity contribution in [2.24, 2.45) is 5.73 Å². The van der Waals surface area contributed by atoms with Crippen LogP contribution in [0.25, 0.3) is 0 Å². The van der Waals surface area contributed by atoms with Gasteiger partial charge in [0.25, 0.3) is 0 Å². The molecule has 1 heterocycles. The van der Waals surface area contributed by atoms with Crippen molar-refractivity contribution in [3.63, 3.8) is 0 Å². The van der Waals surface area contributed by atoms with Gasteiger partial charge >= 0.3 is 0 Å². The maximum absolute atomic E-state index is 14.3. The summed E-state index contributed by atoms with van der Waals surface area (Å²) in [5.41, 5.74) is 6.49. The summed E-state index contributed by atoms with van der Waals surface area (Å²) in [5, 5.41) is 9.39. The van der Waals surface area contributed by atoms with Crippen LogP contribution in [0.3, 0.4) is 0 Å². The first-order valence-corrected chi connectivity index (χ1v) is 7.61. The summed E-state index contributed by atoms with van der Waals surface area (Å²) < 4.78 is 20.4. The fourth-order valence-electron chi connectivity index (χ4n) is 2.90. The van der Waals surface area contributed by atoms with Crippen LogP contribution in [0.1, 0.15) is 30.7 Å². The first-order valence-electron chi connectivity index (χ1n) is 6.81. The lowest BCUT2D eigenvalue weighted by atomic mass is 9.77. The average Bonchev–Trinajstić information content (AvgIpc) is 2.48. The molecule has 0 spiro atoms. The molecule has 0 amide bonds. The zero-order valence-electron chi connectivity index (χ0n) is 11.5. The molecule has 2 N–H and O–H groups in total. The van der Waals surface area contributed by atoms with Crippen LogP contribution < -0.4 is 5.73 Å². The van der Waals surface area contributed by atoms with Crippen molar-refractivity contribution in [1.29, 1.82) is 5.26 Å². The number of nitrogens with zero attached hydrogens (tertiary/aromatic N) is 1. The third-order valence-corrected chi connectivity index (χ3v) is 4.37. The molecule has 3 rings (SSSR count). The zero-order chi connectivity index (χ0) is 15.9. The summed E-state index contributed by atoms with van der Waals surface area (Å²) in [5.74, 6) is -1.01. The monoisotopic (exact) mass is 362 g/mol. The number of carbonyl (C=O) groups is 1. The number of nitrogens with two attached hydrogens (primary N) is 1. The number of ketones is 1. The minimum absolute atomic E-state index is 0.0553. The van der Waals surface area contributed by atoms with Gasteiger partial charge < -0.3 is 10.5 Å². The van der Waals surface area contributed by atoms with Crippen LogP contribution in [0.2, 0.25) is 0 Å². The molecule has 1 aromatic carbocycles. The van der Waals surface area contributed by atoms with Crippen LogP contribution >= 0.6 is 15.9 Å². The Hall–Kier alpha value is -2.13. The number of benzene rings is 1. The van der Waals surface area contributed by atoms with Crippen molar-refractivity contribution in [1.82, 2.24) is 0 Å². The molecule has 1 aliphatic carbocycles. The molecule has 0 saturated carbocycles. The SMILES string of the molecule is N#CC1=C(N)OC2=C(C(=O)CCC2)[C@H]1c1cc(Br)ccc1F. The Balaban J connectivity index is 2.25. The standard InChI is InChI=1S/C16H12BrFN2O2/c17-8-4-5-11(18)9(6-8)14-10(7-19)16(20)22-13-3-1-2-12(21)15(13)14/h4-6,14H,1-3,20H2/t14-/m0/s1. The normalized spacial score (nSPS) is 21.3. The van der Waals surface area contributed by atoms with E-state index in [0.29, 0.717) is 35.1 Å². The predicted octanol–water partition coefficient (Wildman–Crippen LogP) is 3.40. The molecule has 0 saturated heterocycles. The van der Waals surface area contributed by atoms with Gasteiger partial charge in [0, 0.05) is 28.5 Å². The highest BCUT2D eigenvalue weighted by Crippen LogP contribution is 2.44. The minimum Gasteiger partial charge on any atom is -0.444 e. The number of rotatable bonds is 1. The molecule has 4 nitrogen and oxygen atoms in total. The second-order valence-corrected chi connectivity index (χ2v) is 6.12. The Morgan fingerprint density at radius 2 is 2.18 bits per heavy atom. The lowest BCUT2D eigenvalue weighted by Gasteiger charge is -2.31. The van der Waals surface area contributed by atoms with Crippen LogP contribution in [-0.4, -0.2) is 5.78 Å². The lowest BCUT2D eigenvalue weighted by Crippen LogP contribution is -2.27. The van der Waals surface area contributed by atoms with E-state index in [9.17, 15) is 14.4 Å². The third kappa shape index (κ3) is 2.32. The summed E-state index contributed by atoms with van der Waals surface area (Å²) in [6.45, 7) is 0. The van der Waals surface area contributed by atoms with Gasteiger partial charge in [0.1, 0.15) is 23.2 Å². The van der Waals surface area contributed by atoms with E-state index >= 15 is 0 Å². The molecule has 0 aromatic heterocycles. The molecule has 6 heteroatoms. The van der Waals surface area contributed by atoms with Crippen LogP contribution in [0, 0.1) is 17.1 Å².